The SMILES string of the molecule is CC(C)(C)c1ccc(OCCC(N)C#N)c(C(C)(C)C)c1. The summed E-state index contributed by atoms with van der Waals surface area (Å²) in [6, 6.07) is 7.96. The van der Waals surface area contributed by atoms with Crippen LogP contribution in [-0.4, -0.2) is 12.6 Å². The van der Waals surface area contributed by atoms with Gasteiger partial charge in [0.2, 0.25) is 0 Å². The first-order valence-electron chi connectivity index (χ1n) is 7.48. The van der Waals surface area contributed by atoms with Crippen LogP contribution in [0.25, 0.3) is 0 Å². The van der Waals surface area contributed by atoms with E-state index in [2.05, 4.69) is 53.7 Å². The summed E-state index contributed by atoms with van der Waals surface area (Å²) in [5.41, 5.74) is 8.22. The van der Waals surface area contributed by atoms with Crippen molar-refractivity contribution in [3.05, 3.63) is 29.3 Å². The zero-order chi connectivity index (χ0) is 16.3. The van der Waals surface area contributed by atoms with E-state index in [0.29, 0.717) is 13.0 Å². The summed E-state index contributed by atoms with van der Waals surface area (Å²) in [6.45, 7) is 13.6. The molecule has 1 atom stereocenters. The molecular formula is C18H28N2O. The lowest BCUT2D eigenvalue weighted by molar-refractivity contribution is 0.298. The number of rotatable bonds is 4. The summed E-state index contributed by atoms with van der Waals surface area (Å²) in [6.07, 6.45) is 0.543. The highest BCUT2D eigenvalue weighted by molar-refractivity contribution is 5.43. The van der Waals surface area contributed by atoms with Crippen molar-refractivity contribution in [3.63, 3.8) is 0 Å². The van der Waals surface area contributed by atoms with E-state index in [1.54, 1.807) is 0 Å². The van der Waals surface area contributed by atoms with Gasteiger partial charge in [-0.05, 0) is 28.0 Å². The van der Waals surface area contributed by atoms with Gasteiger partial charge >= 0.3 is 0 Å². The molecule has 116 valence electrons. The predicted octanol–water partition coefficient (Wildman–Crippen LogP) is 3.90. The van der Waals surface area contributed by atoms with E-state index in [0.717, 1.165) is 5.75 Å². The number of hydrogen-bond donors (Lipinski definition) is 1. The third-order valence-electron chi connectivity index (χ3n) is 3.51. The predicted molar refractivity (Wildman–Crippen MR) is 87.5 cm³/mol. The molecule has 3 nitrogen and oxygen atoms in total. The summed E-state index contributed by atoms with van der Waals surface area (Å²) >= 11 is 0. The maximum absolute atomic E-state index is 8.71. The van der Waals surface area contributed by atoms with Crippen LogP contribution in [0.2, 0.25) is 0 Å². The van der Waals surface area contributed by atoms with E-state index >= 15 is 0 Å². The number of hydrogen-bond acceptors (Lipinski definition) is 3. The van der Waals surface area contributed by atoms with Crippen molar-refractivity contribution in [2.75, 3.05) is 6.61 Å². The van der Waals surface area contributed by atoms with Crippen LogP contribution in [0.15, 0.2) is 18.2 Å². The number of ether oxygens (including phenoxy) is 1. The van der Waals surface area contributed by atoms with Gasteiger partial charge in [0.1, 0.15) is 5.75 Å². The van der Waals surface area contributed by atoms with Crippen molar-refractivity contribution in [2.24, 2.45) is 5.73 Å². The van der Waals surface area contributed by atoms with Crippen LogP contribution < -0.4 is 10.5 Å². The molecule has 1 unspecified atom stereocenters. The van der Waals surface area contributed by atoms with Gasteiger partial charge in [-0.1, -0.05) is 53.7 Å². The Morgan fingerprint density at radius 2 is 1.76 bits per heavy atom. The van der Waals surface area contributed by atoms with Crippen molar-refractivity contribution >= 4 is 0 Å². The summed E-state index contributed by atoms with van der Waals surface area (Å²) in [7, 11) is 0. The maximum Gasteiger partial charge on any atom is 0.123 e. The smallest absolute Gasteiger partial charge is 0.123 e. The molecule has 0 saturated heterocycles. The van der Waals surface area contributed by atoms with Gasteiger partial charge in [-0.3, -0.25) is 0 Å². The molecule has 2 N–H and O–H groups in total. The van der Waals surface area contributed by atoms with E-state index in [1.807, 2.05) is 12.1 Å². The maximum atomic E-state index is 8.71. The molecule has 1 aromatic rings. The third kappa shape index (κ3) is 5.06. The zero-order valence-corrected chi connectivity index (χ0v) is 14.2. The average Bonchev–Trinajstić information content (AvgIpc) is 2.36. The number of nitrogens with zero attached hydrogens (tertiary/aromatic N) is 1. The van der Waals surface area contributed by atoms with Crippen LogP contribution in [0.3, 0.4) is 0 Å². The Hall–Kier alpha value is -1.53. The Morgan fingerprint density at radius 1 is 1.14 bits per heavy atom. The highest BCUT2D eigenvalue weighted by Gasteiger charge is 2.23. The first kappa shape index (κ1) is 17.5. The van der Waals surface area contributed by atoms with Crippen LogP contribution in [0.4, 0.5) is 0 Å². The Labute approximate surface area is 129 Å². The van der Waals surface area contributed by atoms with Crippen molar-refractivity contribution in [1.82, 2.24) is 0 Å². The molecule has 0 aliphatic heterocycles. The second-order valence-electron chi connectivity index (χ2n) is 7.58. The highest BCUT2D eigenvalue weighted by atomic mass is 16.5. The van der Waals surface area contributed by atoms with Crippen LogP contribution in [0.5, 0.6) is 5.75 Å². The molecule has 0 spiro atoms. The quantitative estimate of drug-likeness (QED) is 0.914. The van der Waals surface area contributed by atoms with Crippen molar-refractivity contribution in [1.29, 1.82) is 5.26 Å². The molecule has 0 saturated carbocycles. The molecule has 0 aliphatic rings. The molecule has 21 heavy (non-hydrogen) atoms. The number of benzene rings is 1. The van der Waals surface area contributed by atoms with Gasteiger partial charge in [0.15, 0.2) is 0 Å². The summed E-state index contributed by atoms with van der Waals surface area (Å²) in [5, 5.41) is 8.71. The van der Waals surface area contributed by atoms with Crippen molar-refractivity contribution in [2.45, 2.75) is 64.8 Å². The monoisotopic (exact) mass is 288 g/mol. The molecule has 0 aliphatic carbocycles. The Morgan fingerprint density at radius 3 is 2.24 bits per heavy atom. The standard InChI is InChI=1S/C18H28N2O/c1-17(2,3)13-7-8-16(15(11-13)18(4,5)6)21-10-9-14(20)12-19/h7-8,11,14H,9-10,20H2,1-6H3. The normalized spacial score (nSPS) is 13.6. The van der Waals surface area contributed by atoms with Gasteiger partial charge in [-0.25, -0.2) is 0 Å². The van der Waals surface area contributed by atoms with E-state index < -0.39 is 6.04 Å². The number of nitrogens with two attached hydrogens (primary N) is 1. The van der Waals surface area contributed by atoms with Crippen LogP contribution in [0, 0.1) is 11.3 Å². The minimum Gasteiger partial charge on any atom is -0.493 e. The lowest BCUT2D eigenvalue weighted by Gasteiger charge is -2.27. The molecule has 3 heteroatoms. The molecule has 1 rings (SSSR count). The number of nitriles is 1. The third-order valence-corrected chi connectivity index (χ3v) is 3.51. The molecule has 0 radical (unpaired) electrons. The Bertz CT molecular complexity index is 515. The fourth-order valence-electron chi connectivity index (χ4n) is 2.07. The fraction of sp³-hybridized carbons (Fsp3) is 0.611. The highest BCUT2D eigenvalue weighted by Crippen LogP contribution is 2.35. The minimum absolute atomic E-state index is 0.00787. The van der Waals surface area contributed by atoms with Crippen LogP contribution in [-0.2, 0) is 10.8 Å². The van der Waals surface area contributed by atoms with E-state index in [4.69, 9.17) is 15.7 Å². The van der Waals surface area contributed by atoms with E-state index in [-0.39, 0.29) is 10.8 Å². The second kappa shape index (κ2) is 6.49. The van der Waals surface area contributed by atoms with Gasteiger partial charge < -0.3 is 10.5 Å². The summed E-state index contributed by atoms with van der Waals surface area (Å²) < 4.78 is 5.87. The van der Waals surface area contributed by atoms with Gasteiger partial charge in [-0.15, -0.1) is 0 Å². The fourth-order valence-corrected chi connectivity index (χ4v) is 2.07. The van der Waals surface area contributed by atoms with Crippen molar-refractivity contribution < 1.29 is 4.74 Å². The van der Waals surface area contributed by atoms with Gasteiger partial charge in [0.25, 0.3) is 0 Å². The molecule has 1 aromatic carbocycles. The average molecular weight is 288 g/mol. The Balaban J connectivity index is 3.02. The van der Waals surface area contributed by atoms with E-state index in [1.165, 1.54) is 11.1 Å². The lowest BCUT2D eigenvalue weighted by Crippen LogP contribution is -2.21. The molecule has 0 fully saturated rings. The summed E-state index contributed by atoms with van der Waals surface area (Å²) in [5.74, 6) is 0.889. The summed E-state index contributed by atoms with van der Waals surface area (Å²) in [4.78, 5) is 0. The lowest BCUT2D eigenvalue weighted by atomic mass is 9.80. The van der Waals surface area contributed by atoms with Gasteiger partial charge in [-0.2, -0.15) is 5.26 Å². The molecule has 0 amide bonds. The molecule has 0 heterocycles. The zero-order valence-electron chi connectivity index (χ0n) is 14.2. The minimum atomic E-state index is -0.461. The first-order chi connectivity index (χ1) is 9.55. The second-order valence-corrected chi connectivity index (χ2v) is 7.58. The van der Waals surface area contributed by atoms with E-state index in [9.17, 15) is 0 Å². The largest absolute Gasteiger partial charge is 0.493 e. The van der Waals surface area contributed by atoms with Crippen LogP contribution >= 0.6 is 0 Å². The topological polar surface area (TPSA) is 59.0 Å². The first-order valence-corrected chi connectivity index (χ1v) is 7.48. The van der Waals surface area contributed by atoms with Gasteiger partial charge in [0.05, 0.1) is 18.7 Å². The molecular weight excluding hydrogens is 260 g/mol. The van der Waals surface area contributed by atoms with Crippen LogP contribution in [0.1, 0.15) is 59.1 Å². The van der Waals surface area contributed by atoms with Crippen molar-refractivity contribution in [3.8, 4) is 11.8 Å². The molecule has 0 aromatic heterocycles. The Kier molecular flexibility index (Phi) is 5.42. The molecule has 0 bridgehead atoms. The van der Waals surface area contributed by atoms with Gasteiger partial charge in [0, 0.05) is 6.42 Å².